The third kappa shape index (κ3) is 3.88. The first-order chi connectivity index (χ1) is 21.0. The number of aliphatic hydroxyl groups is 2. The van der Waals surface area contributed by atoms with Gasteiger partial charge in [0.1, 0.15) is 23.9 Å². The van der Waals surface area contributed by atoms with Crippen molar-refractivity contribution >= 4 is 28.9 Å². The molecule has 1 aromatic carbocycles. The molecule has 12 heteroatoms. The monoisotopic (exact) mass is 695 g/mol. The average molecular weight is 697 g/mol. The summed E-state index contributed by atoms with van der Waals surface area (Å²) in [7, 11) is 8.63. The van der Waals surface area contributed by atoms with Crippen molar-refractivity contribution in [3.05, 3.63) is 35.9 Å². The van der Waals surface area contributed by atoms with Crippen LogP contribution in [0.5, 0.6) is 0 Å². The zero-order chi connectivity index (χ0) is 31.4. The maximum absolute atomic E-state index is 13.7. The fourth-order valence-electron chi connectivity index (χ4n) is 12.3. The van der Waals surface area contributed by atoms with Crippen LogP contribution in [0.2, 0.25) is 0 Å². The second-order valence-corrected chi connectivity index (χ2v) is 14.2. The van der Waals surface area contributed by atoms with E-state index in [4.69, 9.17) is 28.4 Å². The molecule has 1 aromatic rings. The van der Waals surface area contributed by atoms with Crippen LogP contribution in [0.4, 0.5) is 0 Å². The molecule has 1 aliphatic heterocycles. The molecular weight excluding hydrogens is 650 g/mol. The molecule has 1 saturated heterocycles. The first-order valence-corrected chi connectivity index (χ1v) is 15.7. The van der Waals surface area contributed by atoms with Crippen LogP contribution >= 0.6 is 17.0 Å². The number of carbonyl (C=O) groups is 2. The lowest BCUT2D eigenvalue weighted by Crippen LogP contribution is -2.80. The Bertz CT molecular complexity index is 1320. The number of likely N-dealkylation sites (tertiary alicyclic amines) is 1. The highest BCUT2D eigenvalue weighted by molar-refractivity contribution is 8.93. The van der Waals surface area contributed by atoms with Crippen molar-refractivity contribution in [2.75, 3.05) is 48.6 Å². The van der Waals surface area contributed by atoms with E-state index in [1.54, 1.807) is 45.6 Å². The summed E-state index contributed by atoms with van der Waals surface area (Å²) < 4.78 is 37.5. The van der Waals surface area contributed by atoms with Gasteiger partial charge in [-0.05, 0) is 44.4 Å². The summed E-state index contributed by atoms with van der Waals surface area (Å²) in [6.07, 6.45) is -2.66. The average Bonchev–Trinajstić information content (AvgIpc) is 3.39. The number of piperidine rings is 1. The Morgan fingerprint density at radius 2 is 1.73 bits per heavy atom. The summed E-state index contributed by atoms with van der Waals surface area (Å²) in [6.45, 7) is 2.56. The normalized spacial score (nSPS) is 48.8. The van der Waals surface area contributed by atoms with E-state index in [0.29, 0.717) is 12.2 Å². The SMILES string of the molecule is Br.COCC12CCC(OC)C34[C@@H]5C[C@@]6(O)C(OC(=O)c7ccccc7)[C@@H]5[C@@](OC(C)=O)(C(C(OC)[C@H]13)[C@H]4N(C)C2)C(O)[C@@H]6OC. The molecule has 14 atom stereocenters. The fourth-order valence-corrected chi connectivity index (χ4v) is 12.3. The molecule has 0 radical (unpaired) electrons. The highest BCUT2D eigenvalue weighted by atomic mass is 79.9. The quantitative estimate of drug-likeness (QED) is 0.386. The van der Waals surface area contributed by atoms with Gasteiger partial charge in [-0.15, -0.1) is 17.0 Å². The Hall–Kier alpha value is -1.64. The molecule has 6 fully saturated rings. The van der Waals surface area contributed by atoms with Gasteiger partial charge in [0, 0.05) is 76.5 Å². The fraction of sp³-hybridized carbons (Fsp3) is 0.758. The third-order valence-electron chi connectivity index (χ3n) is 12.8. The summed E-state index contributed by atoms with van der Waals surface area (Å²) in [5, 5.41) is 25.1. The van der Waals surface area contributed by atoms with E-state index in [9.17, 15) is 19.8 Å². The first-order valence-electron chi connectivity index (χ1n) is 15.7. The second kappa shape index (κ2) is 11.2. The van der Waals surface area contributed by atoms with Crippen LogP contribution in [0.3, 0.4) is 0 Å². The third-order valence-corrected chi connectivity index (χ3v) is 12.8. The standard InChI is InChI=1S/C33H45NO10.BrH/c1-17(35)44-33-21-19(14-31(38,28(42-6)26(33)36)27(21)43-29(37)18-10-8-7-9-11-18)32-20(40-4)12-13-30(16-39-3)15-34(2)25(32)22(33)23(41-5)24(30)32;/h7-11,19-28,36,38H,12-16H2,1-6H3;1H/t19-,20?,21-,22?,23?,24-,25-,26?,27?,28+,30?,31-,32?,33-;/m1./s1. The van der Waals surface area contributed by atoms with Crippen molar-refractivity contribution in [3.8, 4) is 0 Å². The zero-order valence-corrected chi connectivity index (χ0v) is 28.4. The molecule has 7 rings (SSSR count). The molecule has 0 amide bonds. The van der Waals surface area contributed by atoms with Crippen LogP contribution in [0.25, 0.3) is 0 Å². The molecule has 0 aromatic heterocycles. The maximum Gasteiger partial charge on any atom is 0.338 e. The molecule has 250 valence electrons. The largest absolute Gasteiger partial charge is 0.455 e. The molecule has 5 saturated carbocycles. The van der Waals surface area contributed by atoms with Gasteiger partial charge >= 0.3 is 11.9 Å². The number of hydrogen-bond donors (Lipinski definition) is 2. The van der Waals surface area contributed by atoms with Crippen molar-refractivity contribution in [3.63, 3.8) is 0 Å². The molecule has 1 spiro atoms. The number of rotatable bonds is 8. The summed E-state index contributed by atoms with van der Waals surface area (Å²) in [5.41, 5.74) is -3.93. The van der Waals surface area contributed by atoms with E-state index in [1.807, 2.05) is 6.07 Å². The lowest BCUT2D eigenvalue weighted by molar-refractivity contribution is -0.316. The molecule has 45 heavy (non-hydrogen) atoms. The van der Waals surface area contributed by atoms with Crippen molar-refractivity contribution in [1.29, 1.82) is 0 Å². The number of carbonyl (C=O) groups excluding carboxylic acids is 2. The molecule has 7 unspecified atom stereocenters. The Labute approximate surface area is 274 Å². The minimum Gasteiger partial charge on any atom is -0.455 e. The summed E-state index contributed by atoms with van der Waals surface area (Å²) >= 11 is 0. The minimum absolute atomic E-state index is 0. The van der Waals surface area contributed by atoms with E-state index >= 15 is 0 Å². The minimum atomic E-state index is -1.76. The molecule has 1 heterocycles. The van der Waals surface area contributed by atoms with Gasteiger partial charge < -0.3 is 43.5 Å². The van der Waals surface area contributed by atoms with Crippen LogP contribution < -0.4 is 0 Å². The van der Waals surface area contributed by atoms with Crippen molar-refractivity contribution < 1.29 is 48.2 Å². The number of aliphatic hydroxyl groups excluding tert-OH is 1. The Balaban J connectivity index is 0.00000357. The van der Waals surface area contributed by atoms with Gasteiger partial charge in [-0.3, -0.25) is 4.79 Å². The maximum atomic E-state index is 13.7. The number of methoxy groups -OCH3 is 4. The lowest BCUT2D eigenvalue weighted by Gasteiger charge is -2.69. The van der Waals surface area contributed by atoms with Gasteiger partial charge in [0.2, 0.25) is 0 Å². The summed E-state index contributed by atoms with van der Waals surface area (Å²) in [5.74, 6) is -2.96. The van der Waals surface area contributed by atoms with Gasteiger partial charge in [-0.2, -0.15) is 0 Å². The van der Waals surface area contributed by atoms with Gasteiger partial charge in [0.05, 0.1) is 24.4 Å². The number of ether oxygens (including phenoxy) is 6. The highest BCUT2D eigenvalue weighted by Crippen LogP contribution is 2.80. The van der Waals surface area contributed by atoms with Gasteiger partial charge in [-0.25, -0.2) is 4.79 Å². The Kier molecular flexibility index (Phi) is 8.30. The zero-order valence-electron chi connectivity index (χ0n) is 26.7. The number of halogens is 1. The highest BCUT2D eigenvalue weighted by Gasteiger charge is 2.91. The first kappa shape index (κ1) is 33.3. The number of nitrogens with zero attached hydrogens (tertiary/aromatic N) is 1. The van der Waals surface area contributed by atoms with Gasteiger partial charge in [0.15, 0.2) is 5.60 Å². The van der Waals surface area contributed by atoms with E-state index in [-0.39, 0.29) is 52.8 Å². The topological polar surface area (TPSA) is 133 Å². The molecule has 11 nitrogen and oxygen atoms in total. The Morgan fingerprint density at radius 3 is 2.33 bits per heavy atom. The Morgan fingerprint density at radius 1 is 1.02 bits per heavy atom. The van der Waals surface area contributed by atoms with Crippen LogP contribution in [0, 0.1) is 34.5 Å². The number of hydrogen-bond acceptors (Lipinski definition) is 11. The molecule has 2 N–H and O–H groups in total. The van der Waals surface area contributed by atoms with Crippen LogP contribution in [-0.4, -0.2) is 123 Å². The van der Waals surface area contributed by atoms with Crippen LogP contribution in [0.1, 0.15) is 36.5 Å². The van der Waals surface area contributed by atoms with Gasteiger partial charge in [0.25, 0.3) is 0 Å². The smallest absolute Gasteiger partial charge is 0.338 e. The molecule has 7 bridgehead atoms. The molecular formula is C33H46BrNO10. The van der Waals surface area contributed by atoms with Gasteiger partial charge in [-0.1, -0.05) is 18.2 Å². The van der Waals surface area contributed by atoms with E-state index in [0.717, 1.165) is 19.4 Å². The predicted molar refractivity (Wildman–Crippen MR) is 165 cm³/mol. The summed E-state index contributed by atoms with van der Waals surface area (Å²) in [6, 6.07) is 8.39. The van der Waals surface area contributed by atoms with E-state index in [1.165, 1.54) is 14.0 Å². The van der Waals surface area contributed by atoms with E-state index in [2.05, 4.69) is 11.9 Å². The van der Waals surface area contributed by atoms with Crippen LogP contribution in [-0.2, 0) is 33.2 Å². The number of fused-ring (bicyclic) bond motifs is 2. The van der Waals surface area contributed by atoms with Crippen molar-refractivity contribution in [2.45, 2.75) is 73.9 Å². The van der Waals surface area contributed by atoms with Crippen molar-refractivity contribution in [1.82, 2.24) is 4.90 Å². The van der Waals surface area contributed by atoms with Crippen molar-refractivity contribution in [2.24, 2.45) is 34.5 Å². The predicted octanol–water partition coefficient (Wildman–Crippen LogP) is 1.87. The lowest BCUT2D eigenvalue weighted by atomic mass is 9.43. The van der Waals surface area contributed by atoms with Crippen LogP contribution in [0.15, 0.2) is 30.3 Å². The number of benzene rings is 1. The number of esters is 2. The molecule has 6 aliphatic rings. The van der Waals surface area contributed by atoms with E-state index < -0.39 is 64.8 Å². The molecule has 5 aliphatic carbocycles. The second-order valence-electron chi connectivity index (χ2n) is 14.2. The summed E-state index contributed by atoms with van der Waals surface area (Å²) in [4.78, 5) is 29.2.